The van der Waals surface area contributed by atoms with Crippen molar-refractivity contribution >= 4 is 46.4 Å². The highest BCUT2D eigenvalue weighted by Gasteiger charge is 2.27. The molecule has 5 aromatic rings. The van der Waals surface area contributed by atoms with Crippen LogP contribution in [0, 0.1) is 0 Å². The van der Waals surface area contributed by atoms with Crippen LogP contribution in [-0.2, 0) is 16.1 Å². The molecule has 0 aliphatic carbocycles. The molecule has 2 N–H and O–H groups in total. The number of carboxylic acids is 1. The molecular weight excluding hydrogens is 571 g/mol. The summed E-state index contributed by atoms with van der Waals surface area (Å²) in [6, 6.07) is 22.4. The number of aromatic nitrogens is 1. The number of carboxylic acid groups (broad SMARTS) is 1. The van der Waals surface area contributed by atoms with Gasteiger partial charge in [-0.1, -0.05) is 65.7 Å². The first-order chi connectivity index (χ1) is 19.4. The van der Waals surface area contributed by atoms with E-state index >= 15 is 0 Å². The fourth-order valence-corrected chi connectivity index (χ4v) is 4.90. The lowest BCUT2D eigenvalue weighted by Gasteiger charge is -2.14. The second-order valence-electron chi connectivity index (χ2n) is 8.78. The highest BCUT2D eigenvalue weighted by molar-refractivity contribution is 7.08. The first kappa shape index (κ1) is 27.6. The van der Waals surface area contributed by atoms with E-state index in [0.717, 1.165) is 16.7 Å². The Morgan fingerprint density at radius 2 is 1.65 bits per heavy atom. The summed E-state index contributed by atoms with van der Waals surface area (Å²) < 4.78 is 11.6. The first-order valence-corrected chi connectivity index (χ1v) is 13.8. The van der Waals surface area contributed by atoms with E-state index in [-0.39, 0.29) is 35.6 Å². The van der Waals surface area contributed by atoms with Crippen LogP contribution >= 0.6 is 34.5 Å². The maximum atomic E-state index is 13.4. The van der Waals surface area contributed by atoms with E-state index in [1.54, 1.807) is 29.5 Å². The van der Waals surface area contributed by atoms with E-state index in [2.05, 4.69) is 10.3 Å². The van der Waals surface area contributed by atoms with Gasteiger partial charge in [-0.25, -0.2) is 9.78 Å². The number of nitrogens with zero attached hydrogens (tertiary/aromatic N) is 1. The Labute approximate surface area is 244 Å². The Morgan fingerprint density at radius 3 is 2.33 bits per heavy atom. The number of hydrogen-bond acceptors (Lipinski definition) is 6. The maximum Gasteiger partial charge on any atom is 0.328 e. The summed E-state index contributed by atoms with van der Waals surface area (Å²) in [5, 5.41) is 16.9. The van der Waals surface area contributed by atoms with Crippen molar-refractivity contribution in [3.63, 3.8) is 0 Å². The molecule has 0 spiro atoms. The number of oxazole rings is 1. The normalized spacial score (nSPS) is 11.8. The number of carbonyl (C=O) groups is 2. The van der Waals surface area contributed by atoms with Gasteiger partial charge in [0.2, 0.25) is 5.89 Å². The fourth-order valence-electron chi connectivity index (χ4n) is 3.93. The average molecular weight is 593 g/mol. The van der Waals surface area contributed by atoms with E-state index in [4.69, 9.17) is 32.4 Å². The van der Waals surface area contributed by atoms with E-state index in [9.17, 15) is 14.7 Å². The Morgan fingerprint density at radius 1 is 0.925 bits per heavy atom. The first-order valence-electron chi connectivity index (χ1n) is 12.1. The standard InChI is InChI=1S/C30H22Cl2N2O5S/c31-23-11-10-21(14-24(23)32)27-26(28(35)33-25(30(36)37)16-38-15-18-4-2-1-3-5-18)34-29(39-27)20-8-6-19(7-9-20)22-12-13-40-17-22/h1-14,17,25H,15-16H2,(H,33,35)(H,36,37)/t25-/m0/s1. The molecule has 2 aromatic heterocycles. The molecule has 202 valence electrons. The highest BCUT2D eigenvalue weighted by atomic mass is 35.5. The van der Waals surface area contributed by atoms with Gasteiger partial charge in [-0.3, -0.25) is 4.79 Å². The molecule has 0 unspecified atom stereocenters. The van der Waals surface area contributed by atoms with E-state index in [1.165, 1.54) is 0 Å². The monoisotopic (exact) mass is 592 g/mol. The summed E-state index contributed by atoms with van der Waals surface area (Å²) in [5.41, 5.74) is 4.00. The molecule has 1 atom stereocenters. The highest BCUT2D eigenvalue weighted by Crippen LogP contribution is 2.34. The van der Waals surface area contributed by atoms with Crippen LogP contribution in [0.1, 0.15) is 16.1 Å². The molecular formula is C30H22Cl2N2O5S. The molecule has 0 radical (unpaired) electrons. The molecule has 5 rings (SSSR count). The molecule has 0 fully saturated rings. The summed E-state index contributed by atoms with van der Waals surface area (Å²) >= 11 is 13.9. The number of aliphatic carboxylic acids is 1. The minimum Gasteiger partial charge on any atom is -0.480 e. The molecule has 0 aliphatic rings. The lowest BCUT2D eigenvalue weighted by Crippen LogP contribution is -2.44. The van der Waals surface area contributed by atoms with Gasteiger partial charge in [0.05, 0.1) is 23.3 Å². The summed E-state index contributed by atoms with van der Waals surface area (Å²) in [4.78, 5) is 29.8. The quantitative estimate of drug-likeness (QED) is 0.175. The third kappa shape index (κ3) is 6.43. The topological polar surface area (TPSA) is 102 Å². The van der Waals surface area contributed by atoms with Gasteiger partial charge in [-0.05, 0) is 63.8 Å². The van der Waals surface area contributed by atoms with Crippen molar-refractivity contribution in [1.82, 2.24) is 10.3 Å². The van der Waals surface area contributed by atoms with Crippen LogP contribution in [0.25, 0.3) is 33.9 Å². The number of thiophene rings is 1. The van der Waals surface area contributed by atoms with Crippen molar-refractivity contribution in [1.29, 1.82) is 0 Å². The van der Waals surface area contributed by atoms with Crippen LogP contribution in [0.3, 0.4) is 0 Å². The molecule has 40 heavy (non-hydrogen) atoms. The predicted molar refractivity (Wildman–Crippen MR) is 156 cm³/mol. The van der Waals surface area contributed by atoms with Crippen molar-refractivity contribution in [3.05, 3.63) is 111 Å². The van der Waals surface area contributed by atoms with Crippen LogP contribution in [0.2, 0.25) is 10.0 Å². The number of amides is 1. The van der Waals surface area contributed by atoms with Crippen LogP contribution in [0.5, 0.6) is 0 Å². The number of halogens is 2. The second-order valence-corrected chi connectivity index (χ2v) is 10.4. The summed E-state index contributed by atoms with van der Waals surface area (Å²) in [5.74, 6) is -1.66. The molecule has 0 aliphatic heterocycles. The third-order valence-electron chi connectivity index (χ3n) is 6.01. The Kier molecular flexibility index (Phi) is 8.62. The summed E-state index contributed by atoms with van der Waals surface area (Å²) in [6.45, 7) is -0.0443. The zero-order chi connectivity index (χ0) is 28.1. The molecule has 0 bridgehead atoms. The second kappa shape index (κ2) is 12.5. The molecule has 10 heteroatoms. The molecule has 1 amide bonds. The smallest absolute Gasteiger partial charge is 0.328 e. The number of nitrogens with one attached hydrogen (secondary N) is 1. The Balaban J connectivity index is 1.42. The van der Waals surface area contributed by atoms with Gasteiger partial charge < -0.3 is 19.6 Å². The van der Waals surface area contributed by atoms with Crippen molar-refractivity contribution in [3.8, 4) is 33.9 Å². The fraction of sp³-hybridized carbons (Fsp3) is 0.100. The lowest BCUT2D eigenvalue weighted by atomic mass is 10.1. The number of ether oxygens (including phenoxy) is 1. The lowest BCUT2D eigenvalue weighted by molar-refractivity contribution is -0.141. The van der Waals surface area contributed by atoms with Crippen molar-refractivity contribution < 1.29 is 23.8 Å². The number of rotatable bonds is 10. The number of carbonyl (C=O) groups excluding carboxylic acids is 1. The predicted octanol–water partition coefficient (Wildman–Crippen LogP) is 7.44. The van der Waals surface area contributed by atoms with Crippen LogP contribution in [0.15, 0.2) is 94.0 Å². The molecule has 7 nitrogen and oxygen atoms in total. The van der Waals surface area contributed by atoms with Gasteiger partial charge in [0.25, 0.3) is 5.91 Å². The minimum absolute atomic E-state index is 0.0930. The van der Waals surface area contributed by atoms with Crippen LogP contribution in [0.4, 0.5) is 0 Å². The maximum absolute atomic E-state index is 13.4. The molecule has 0 saturated carbocycles. The van der Waals surface area contributed by atoms with E-state index < -0.39 is 17.9 Å². The van der Waals surface area contributed by atoms with Gasteiger partial charge >= 0.3 is 5.97 Å². The summed E-state index contributed by atoms with van der Waals surface area (Å²) in [7, 11) is 0. The van der Waals surface area contributed by atoms with Gasteiger partial charge in [-0.15, -0.1) is 0 Å². The minimum atomic E-state index is -1.32. The van der Waals surface area contributed by atoms with Gasteiger partial charge in [0.15, 0.2) is 17.5 Å². The van der Waals surface area contributed by atoms with Crippen molar-refractivity contribution in [2.45, 2.75) is 12.6 Å². The van der Waals surface area contributed by atoms with Crippen molar-refractivity contribution in [2.24, 2.45) is 0 Å². The van der Waals surface area contributed by atoms with Crippen LogP contribution < -0.4 is 5.32 Å². The zero-order valence-corrected chi connectivity index (χ0v) is 23.2. The largest absolute Gasteiger partial charge is 0.480 e. The molecule has 3 aromatic carbocycles. The Bertz CT molecular complexity index is 1620. The third-order valence-corrected chi connectivity index (χ3v) is 7.43. The molecule has 0 saturated heterocycles. The van der Waals surface area contributed by atoms with Crippen molar-refractivity contribution in [2.75, 3.05) is 6.61 Å². The zero-order valence-electron chi connectivity index (χ0n) is 20.8. The number of hydrogen-bond donors (Lipinski definition) is 2. The summed E-state index contributed by atoms with van der Waals surface area (Å²) in [6.07, 6.45) is 0. The average Bonchev–Trinajstić information content (AvgIpc) is 3.66. The SMILES string of the molecule is O=C(N[C@@H](COCc1ccccc1)C(=O)O)c1nc(-c2ccc(-c3ccsc3)cc2)oc1-c1ccc(Cl)c(Cl)c1. The van der Waals surface area contributed by atoms with E-state index in [0.29, 0.717) is 16.1 Å². The van der Waals surface area contributed by atoms with Gasteiger partial charge in [-0.2, -0.15) is 11.3 Å². The van der Waals surface area contributed by atoms with Gasteiger partial charge in [0.1, 0.15) is 0 Å². The Hall–Kier alpha value is -3.95. The number of benzene rings is 3. The van der Waals surface area contributed by atoms with Gasteiger partial charge in [0, 0.05) is 11.1 Å². The molecule has 2 heterocycles. The van der Waals surface area contributed by atoms with E-state index in [1.807, 2.05) is 71.4 Å². The van der Waals surface area contributed by atoms with Crippen LogP contribution in [-0.4, -0.2) is 34.6 Å².